The number of amides is 1. The third-order valence-electron chi connectivity index (χ3n) is 4.56. The summed E-state index contributed by atoms with van der Waals surface area (Å²) in [4.78, 5) is 12.7. The molecule has 0 radical (unpaired) electrons. The summed E-state index contributed by atoms with van der Waals surface area (Å²) in [6, 6.07) is 20.9. The normalized spacial score (nSPS) is 12.1. The van der Waals surface area contributed by atoms with Crippen molar-refractivity contribution in [3.63, 3.8) is 0 Å². The molecule has 5 nitrogen and oxygen atoms in total. The van der Waals surface area contributed by atoms with Crippen LogP contribution in [0.2, 0.25) is 0 Å². The van der Waals surface area contributed by atoms with Crippen LogP contribution in [0.25, 0.3) is 10.8 Å². The predicted octanol–water partition coefficient (Wildman–Crippen LogP) is 5.58. The summed E-state index contributed by atoms with van der Waals surface area (Å²) in [5.74, 6) is 0.436. The maximum Gasteiger partial charge on any atom is 0.228 e. The number of alkyl halides is 3. The number of anilines is 1. The highest BCUT2D eigenvalue weighted by atomic mass is 35.6. The Bertz CT molecular complexity index is 1080. The van der Waals surface area contributed by atoms with Crippen LogP contribution in [0, 0.1) is 0 Å². The summed E-state index contributed by atoms with van der Waals surface area (Å²) in [6.07, 6.45) is -0.919. The molecule has 0 heterocycles. The molecule has 3 N–H and O–H groups in total. The van der Waals surface area contributed by atoms with Gasteiger partial charge in [0.1, 0.15) is 11.9 Å². The van der Waals surface area contributed by atoms with E-state index in [0.717, 1.165) is 27.8 Å². The molecule has 0 saturated heterocycles. The van der Waals surface area contributed by atoms with Crippen LogP contribution in [0.4, 0.5) is 5.69 Å². The minimum atomic E-state index is -1.83. The highest BCUT2D eigenvalue weighted by Gasteiger charge is 2.34. The Balaban J connectivity index is 1.64. The first-order chi connectivity index (χ1) is 15.3. The molecule has 32 heavy (non-hydrogen) atoms. The van der Waals surface area contributed by atoms with Gasteiger partial charge in [0.25, 0.3) is 0 Å². The summed E-state index contributed by atoms with van der Waals surface area (Å²) < 4.78 is 3.58. The monoisotopic (exact) mass is 509 g/mol. The lowest BCUT2D eigenvalue weighted by atomic mass is 10.0. The minimum absolute atomic E-state index is 0.124. The quantitative estimate of drug-likeness (QED) is 0.220. The fourth-order valence-electron chi connectivity index (χ4n) is 3.13. The molecule has 0 saturated carbocycles. The largest absolute Gasteiger partial charge is 0.494 e. The summed E-state index contributed by atoms with van der Waals surface area (Å²) >= 11 is 23.6. The van der Waals surface area contributed by atoms with E-state index in [2.05, 4.69) is 16.0 Å². The van der Waals surface area contributed by atoms with Gasteiger partial charge in [-0.2, -0.15) is 0 Å². The second kappa shape index (κ2) is 11.1. The van der Waals surface area contributed by atoms with E-state index in [1.165, 1.54) is 0 Å². The summed E-state index contributed by atoms with van der Waals surface area (Å²) in [5, 5.41) is 10.8. The van der Waals surface area contributed by atoms with Gasteiger partial charge in [0.2, 0.25) is 9.70 Å². The van der Waals surface area contributed by atoms with E-state index in [4.69, 9.17) is 51.8 Å². The summed E-state index contributed by atoms with van der Waals surface area (Å²) in [6.45, 7) is 2.49. The van der Waals surface area contributed by atoms with Gasteiger partial charge in [-0.1, -0.05) is 77.3 Å². The number of hydrogen-bond donors (Lipinski definition) is 3. The molecule has 0 fully saturated rings. The highest BCUT2D eigenvalue weighted by Crippen LogP contribution is 2.29. The first kappa shape index (κ1) is 24.4. The molecule has 0 aliphatic carbocycles. The molecule has 1 amide bonds. The lowest BCUT2D eigenvalue weighted by molar-refractivity contribution is -0.121. The molecule has 3 aromatic carbocycles. The van der Waals surface area contributed by atoms with Gasteiger partial charge in [-0.25, -0.2) is 0 Å². The van der Waals surface area contributed by atoms with Gasteiger partial charge in [0, 0.05) is 5.69 Å². The Morgan fingerprint density at radius 2 is 1.69 bits per heavy atom. The zero-order chi connectivity index (χ0) is 23.1. The number of fused-ring (bicyclic) bond motifs is 1. The molecular weight excluding hydrogens is 489 g/mol. The molecular formula is C23H22Cl3N3O2S. The Kier molecular flexibility index (Phi) is 8.43. The van der Waals surface area contributed by atoms with Gasteiger partial charge < -0.3 is 20.7 Å². The molecule has 168 valence electrons. The number of nitrogens with one attached hydrogen (secondary N) is 3. The number of carbonyl (C=O) groups is 1. The maximum atomic E-state index is 12.7. The Hall–Kier alpha value is -2.25. The van der Waals surface area contributed by atoms with E-state index in [9.17, 15) is 4.79 Å². The summed E-state index contributed by atoms with van der Waals surface area (Å²) in [7, 11) is 0. The van der Waals surface area contributed by atoms with Crippen molar-refractivity contribution >= 4 is 74.5 Å². The maximum absolute atomic E-state index is 12.7. The lowest BCUT2D eigenvalue weighted by Gasteiger charge is -2.28. The van der Waals surface area contributed by atoms with Crippen molar-refractivity contribution in [1.82, 2.24) is 10.6 Å². The van der Waals surface area contributed by atoms with Crippen LogP contribution in [-0.4, -0.2) is 27.6 Å². The summed E-state index contributed by atoms with van der Waals surface area (Å²) in [5.41, 5.74) is 1.59. The Morgan fingerprint density at radius 3 is 2.38 bits per heavy atom. The van der Waals surface area contributed by atoms with Gasteiger partial charge in [-0.3, -0.25) is 4.79 Å². The van der Waals surface area contributed by atoms with Gasteiger partial charge >= 0.3 is 0 Å². The number of thiocarbonyl (C=S) groups is 1. The number of ether oxygens (including phenoxy) is 1. The van der Waals surface area contributed by atoms with Crippen LogP contribution in [-0.2, 0) is 11.2 Å². The predicted molar refractivity (Wildman–Crippen MR) is 137 cm³/mol. The average molecular weight is 511 g/mol. The van der Waals surface area contributed by atoms with Crippen molar-refractivity contribution in [1.29, 1.82) is 0 Å². The third-order valence-corrected chi connectivity index (χ3v) is 5.44. The first-order valence-corrected chi connectivity index (χ1v) is 11.4. The number of rotatable bonds is 7. The van der Waals surface area contributed by atoms with Crippen LogP contribution in [0.1, 0.15) is 12.5 Å². The smallest absolute Gasteiger partial charge is 0.228 e. The Labute approximate surface area is 207 Å². The minimum Gasteiger partial charge on any atom is -0.494 e. The molecule has 9 heteroatoms. The van der Waals surface area contributed by atoms with E-state index in [-0.39, 0.29) is 17.4 Å². The third kappa shape index (κ3) is 6.87. The number of carbonyl (C=O) groups excluding carboxylic acids is 1. The van der Waals surface area contributed by atoms with Gasteiger partial charge in [-0.05, 0) is 59.7 Å². The average Bonchev–Trinajstić information content (AvgIpc) is 2.74. The fraction of sp³-hybridized carbons (Fsp3) is 0.217. The van der Waals surface area contributed by atoms with Crippen LogP contribution >= 0.6 is 47.0 Å². The molecule has 3 rings (SSSR count). The van der Waals surface area contributed by atoms with Crippen molar-refractivity contribution in [2.75, 3.05) is 11.9 Å². The number of halogens is 3. The Morgan fingerprint density at radius 1 is 1.00 bits per heavy atom. The fourth-order valence-corrected chi connectivity index (χ4v) is 3.69. The zero-order valence-electron chi connectivity index (χ0n) is 17.2. The van der Waals surface area contributed by atoms with Crippen molar-refractivity contribution in [2.45, 2.75) is 23.3 Å². The van der Waals surface area contributed by atoms with Crippen molar-refractivity contribution in [3.8, 4) is 5.75 Å². The molecule has 0 aromatic heterocycles. The van der Waals surface area contributed by atoms with Crippen LogP contribution in [0.5, 0.6) is 5.75 Å². The van der Waals surface area contributed by atoms with Crippen molar-refractivity contribution in [3.05, 3.63) is 72.3 Å². The van der Waals surface area contributed by atoms with Gasteiger partial charge in [0.05, 0.1) is 13.0 Å². The standard InChI is InChI=1S/C23H22Cl3N3O2S/c1-2-31-18-12-10-17(11-13-18)27-22(32)29-21(23(24,25)26)28-20(30)14-16-8-5-7-15-6-3-4-9-19(15)16/h3-13,21H,2,14H2,1H3,(H,28,30)(H2,27,29,32)/t21-/m1/s1. The van der Waals surface area contributed by atoms with Crippen LogP contribution < -0.4 is 20.7 Å². The van der Waals surface area contributed by atoms with Gasteiger partial charge in [0.15, 0.2) is 5.11 Å². The number of hydrogen-bond acceptors (Lipinski definition) is 3. The SMILES string of the molecule is CCOc1ccc(NC(=S)N[C@@H](NC(=O)Cc2cccc3ccccc23)C(Cl)(Cl)Cl)cc1. The van der Waals surface area contributed by atoms with Crippen molar-refractivity contribution in [2.24, 2.45) is 0 Å². The molecule has 0 aliphatic heterocycles. The van der Waals surface area contributed by atoms with E-state index in [1.54, 1.807) is 0 Å². The van der Waals surface area contributed by atoms with E-state index < -0.39 is 9.96 Å². The number of benzene rings is 3. The zero-order valence-corrected chi connectivity index (χ0v) is 20.3. The lowest BCUT2D eigenvalue weighted by Crippen LogP contribution is -2.56. The first-order valence-electron chi connectivity index (χ1n) is 9.89. The van der Waals surface area contributed by atoms with Gasteiger partial charge in [-0.15, -0.1) is 0 Å². The highest BCUT2D eigenvalue weighted by molar-refractivity contribution is 7.80. The molecule has 0 unspecified atom stereocenters. The second-order valence-corrected chi connectivity index (χ2v) is 9.69. The molecule has 0 aliphatic rings. The molecule has 0 spiro atoms. The van der Waals surface area contributed by atoms with Crippen LogP contribution in [0.3, 0.4) is 0 Å². The van der Waals surface area contributed by atoms with Crippen LogP contribution in [0.15, 0.2) is 66.7 Å². The van der Waals surface area contributed by atoms with E-state index >= 15 is 0 Å². The van der Waals surface area contributed by atoms with E-state index in [1.807, 2.05) is 73.7 Å². The molecule has 1 atom stereocenters. The second-order valence-electron chi connectivity index (χ2n) is 6.91. The van der Waals surface area contributed by atoms with E-state index in [0.29, 0.717) is 6.61 Å². The topological polar surface area (TPSA) is 62.4 Å². The molecule has 0 bridgehead atoms. The molecule has 3 aromatic rings. The van der Waals surface area contributed by atoms with Crippen molar-refractivity contribution < 1.29 is 9.53 Å².